The van der Waals surface area contributed by atoms with E-state index in [2.05, 4.69) is 15.9 Å². The van der Waals surface area contributed by atoms with Gasteiger partial charge >= 0.3 is 0 Å². The third kappa shape index (κ3) is 4.92. The first-order valence-corrected chi connectivity index (χ1v) is 7.79. The lowest BCUT2D eigenvalue weighted by molar-refractivity contribution is 0.217. The molecule has 2 aromatic rings. The van der Waals surface area contributed by atoms with Gasteiger partial charge in [-0.2, -0.15) is 0 Å². The predicted octanol–water partition coefficient (Wildman–Crippen LogP) is 4.58. The minimum Gasteiger partial charge on any atom is -0.490 e. The molecule has 21 heavy (non-hydrogen) atoms. The van der Waals surface area contributed by atoms with Gasteiger partial charge in [0.25, 0.3) is 0 Å². The SMILES string of the molecule is C[C@H](N)c1ccc(OCCOc2cccc(Br)c2)c(Cl)c1. The van der Waals surface area contributed by atoms with Gasteiger partial charge in [-0.05, 0) is 42.8 Å². The lowest BCUT2D eigenvalue weighted by atomic mass is 10.1. The molecule has 0 aliphatic carbocycles. The van der Waals surface area contributed by atoms with Crippen molar-refractivity contribution in [2.24, 2.45) is 5.73 Å². The molecule has 0 saturated heterocycles. The van der Waals surface area contributed by atoms with Crippen LogP contribution in [0.15, 0.2) is 46.9 Å². The smallest absolute Gasteiger partial charge is 0.138 e. The number of rotatable bonds is 6. The minimum absolute atomic E-state index is 0.0450. The lowest BCUT2D eigenvalue weighted by Crippen LogP contribution is -2.10. The van der Waals surface area contributed by atoms with Crippen molar-refractivity contribution >= 4 is 27.5 Å². The zero-order chi connectivity index (χ0) is 15.2. The van der Waals surface area contributed by atoms with Crippen LogP contribution in [0.4, 0.5) is 0 Å². The number of halogens is 2. The molecule has 1 atom stereocenters. The molecular weight excluding hydrogens is 354 g/mol. The first-order valence-electron chi connectivity index (χ1n) is 6.62. The summed E-state index contributed by atoms with van der Waals surface area (Å²) in [6, 6.07) is 13.2. The summed E-state index contributed by atoms with van der Waals surface area (Å²) in [5.41, 5.74) is 6.79. The number of hydrogen-bond acceptors (Lipinski definition) is 3. The Hall–Kier alpha value is -1.23. The van der Waals surface area contributed by atoms with Crippen LogP contribution in [0.3, 0.4) is 0 Å². The third-order valence-corrected chi connectivity index (χ3v) is 3.68. The van der Waals surface area contributed by atoms with Gasteiger partial charge < -0.3 is 15.2 Å². The summed E-state index contributed by atoms with van der Waals surface area (Å²) in [6.07, 6.45) is 0. The average Bonchev–Trinajstić information content (AvgIpc) is 2.45. The first-order chi connectivity index (χ1) is 10.1. The van der Waals surface area contributed by atoms with Crippen molar-refractivity contribution in [2.75, 3.05) is 13.2 Å². The van der Waals surface area contributed by atoms with Gasteiger partial charge in [0.1, 0.15) is 24.7 Å². The van der Waals surface area contributed by atoms with Crippen LogP contribution in [-0.2, 0) is 0 Å². The maximum Gasteiger partial charge on any atom is 0.138 e. The van der Waals surface area contributed by atoms with Crippen molar-refractivity contribution in [2.45, 2.75) is 13.0 Å². The van der Waals surface area contributed by atoms with Crippen molar-refractivity contribution in [1.82, 2.24) is 0 Å². The van der Waals surface area contributed by atoms with Crippen molar-refractivity contribution in [3.05, 3.63) is 57.5 Å². The fraction of sp³-hybridized carbons (Fsp3) is 0.250. The predicted molar refractivity (Wildman–Crippen MR) is 89.2 cm³/mol. The van der Waals surface area contributed by atoms with Crippen LogP contribution in [0, 0.1) is 0 Å². The molecule has 2 aromatic carbocycles. The van der Waals surface area contributed by atoms with E-state index in [-0.39, 0.29) is 6.04 Å². The summed E-state index contributed by atoms with van der Waals surface area (Å²) in [4.78, 5) is 0. The molecule has 0 aliphatic rings. The van der Waals surface area contributed by atoms with Gasteiger partial charge in [0.15, 0.2) is 0 Å². The molecule has 2 rings (SSSR count). The second kappa shape index (κ2) is 7.69. The molecule has 3 nitrogen and oxygen atoms in total. The molecule has 0 amide bonds. The first kappa shape index (κ1) is 16.1. The number of nitrogens with two attached hydrogens (primary N) is 1. The molecule has 0 spiro atoms. The van der Waals surface area contributed by atoms with E-state index >= 15 is 0 Å². The molecular formula is C16H17BrClNO2. The monoisotopic (exact) mass is 369 g/mol. The van der Waals surface area contributed by atoms with Gasteiger partial charge in [0.05, 0.1) is 5.02 Å². The van der Waals surface area contributed by atoms with Crippen LogP contribution in [0.5, 0.6) is 11.5 Å². The number of ether oxygens (including phenoxy) is 2. The van der Waals surface area contributed by atoms with Gasteiger partial charge in [-0.3, -0.25) is 0 Å². The van der Waals surface area contributed by atoms with Gasteiger partial charge in [0, 0.05) is 10.5 Å². The zero-order valence-electron chi connectivity index (χ0n) is 11.7. The normalized spacial score (nSPS) is 12.0. The Balaban J connectivity index is 1.83. The van der Waals surface area contributed by atoms with Crippen LogP contribution in [0.1, 0.15) is 18.5 Å². The summed E-state index contributed by atoms with van der Waals surface area (Å²) in [7, 11) is 0. The Morgan fingerprint density at radius 3 is 2.57 bits per heavy atom. The molecule has 2 N–H and O–H groups in total. The lowest BCUT2D eigenvalue weighted by Gasteiger charge is -2.12. The number of benzene rings is 2. The molecule has 0 bridgehead atoms. The van der Waals surface area contributed by atoms with E-state index in [0.29, 0.717) is 24.0 Å². The minimum atomic E-state index is -0.0450. The van der Waals surface area contributed by atoms with E-state index in [4.69, 9.17) is 26.8 Å². The molecule has 0 fully saturated rings. The van der Waals surface area contributed by atoms with E-state index in [0.717, 1.165) is 15.8 Å². The summed E-state index contributed by atoms with van der Waals surface area (Å²) < 4.78 is 12.2. The highest BCUT2D eigenvalue weighted by molar-refractivity contribution is 9.10. The van der Waals surface area contributed by atoms with Gasteiger partial charge in [-0.15, -0.1) is 0 Å². The van der Waals surface area contributed by atoms with E-state index in [1.54, 1.807) is 0 Å². The standard InChI is InChI=1S/C16H17BrClNO2/c1-11(19)12-5-6-16(15(18)9-12)21-8-7-20-14-4-2-3-13(17)10-14/h2-6,9-11H,7-8,19H2,1H3/t11-/m0/s1. The fourth-order valence-corrected chi connectivity index (χ4v) is 2.41. The van der Waals surface area contributed by atoms with Crippen LogP contribution in [-0.4, -0.2) is 13.2 Å². The van der Waals surface area contributed by atoms with Crippen LogP contribution in [0.25, 0.3) is 0 Å². The highest BCUT2D eigenvalue weighted by atomic mass is 79.9. The van der Waals surface area contributed by atoms with E-state index in [1.165, 1.54) is 0 Å². The third-order valence-electron chi connectivity index (χ3n) is 2.89. The van der Waals surface area contributed by atoms with Gasteiger partial charge in [-0.25, -0.2) is 0 Å². The van der Waals surface area contributed by atoms with Crippen LogP contribution in [0.2, 0.25) is 5.02 Å². The average molecular weight is 371 g/mol. The molecule has 0 aromatic heterocycles. The quantitative estimate of drug-likeness (QED) is 0.757. The second-order valence-electron chi connectivity index (χ2n) is 4.63. The summed E-state index contributed by atoms with van der Waals surface area (Å²) in [5, 5.41) is 0.562. The molecule has 5 heteroatoms. The molecule has 0 aliphatic heterocycles. The Morgan fingerprint density at radius 2 is 1.90 bits per heavy atom. The van der Waals surface area contributed by atoms with Gasteiger partial charge in [-0.1, -0.05) is 39.7 Å². The summed E-state index contributed by atoms with van der Waals surface area (Å²) in [5.74, 6) is 1.44. The number of hydrogen-bond donors (Lipinski definition) is 1. The van der Waals surface area contributed by atoms with Crippen molar-refractivity contribution in [3.8, 4) is 11.5 Å². The fourth-order valence-electron chi connectivity index (χ4n) is 1.79. The van der Waals surface area contributed by atoms with Crippen LogP contribution < -0.4 is 15.2 Å². The van der Waals surface area contributed by atoms with Crippen molar-refractivity contribution in [1.29, 1.82) is 0 Å². The highest BCUT2D eigenvalue weighted by Gasteiger charge is 2.06. The zero-order valence-corrected chi connectivity index (χ0v) is 14.0. The van der Waals surface area contributed by atoms with Crippen molar-refractivity contribution in [3.63, 3.8) is 0 Å². The van der Waals surface area contributed by atoms with Crippen molar-refractivity contribution < 1.29 is 9.47 Å². The van der Waals surface area contributed by atoms with Crippen LogP contribution >= 0.6 is 27.5 Å². The Kier molecular flexibility index (Phi) is 5.91. The highest BCUT2D eigenvalue weighted by Crippen LogP contribution is 2.27. The molecule has 0 heterocycles. The second-order valence-corrected chi connectivity index (χ2v) is 5.96. The van der Waals surface area contributed by atoms with Gasteiger partial charge in [0.2, 0.25) is 0 Å². The maximum atomic E-state index is 6.16. The Morgan fingerprint density at radius 1 is 1.14 bits per heavy atom. The molecule has 0 radical (unpaired) electrons. The molecule has 112 valence electrons. The summed E-state index contributed by atoms with van der Waals surface area (Å²) >= 11 is 9.56. The molecule has 0 saturated carbocycles. The van der Waals surface area contributed by atoms with E-state index < -0.39 is 0 Å². The maximum absolute atomic E-state index is 6.16. The Labute approximate surface area is 138 Å². The topological polar surface area (TPSA) is 44.5 Å². The van der Waals surface area contributed by atoms with E-state index in [1.807, 2.05) is 49.4 Å². The Bertz CT molecular complexity index is 605. The summed E-state index contributed by atoms with van der Waals surface area (Å²) in [6.45, 7) is 2.78. The largest absolute Gasteiger partial charge is 0.490 e. The van der Waals surface area contributed by atoms with E-state index in [9.17, 15) is 0 Å². The molecule has 0 unspecified atom stereocenters.